The lowest BCUT2D eigenvalue weighted by Crippen LogP contribution is -2.15. The molecule has 0 N–H and O–H groups in total. The first-order valence-electron chi connectivity index (χ1n) is 7.76. The Labute approximate surface area is 143 Å². The van der Waals surface area contributed by atoms with Crippen LogP contribution in [0.25, 0.3) is 27.4 Å². The molecule has 0 aliphatic carbocycles. The molecule has 2 aromatic carbocycles. The highest BCUT2D eigenvalue weighted by molar-refractivity contribution is 6.43. The topological polar surface area (TPSA) is 61.2 Å². The van der Waals surface area contributed by atoms with Crippen LogP contribution in [0.2, 0.25) is 0 Å². The third kappa shape index (κ3) is 2.37. The number of aromatic nitrogens is 2. The lowest BCUT2D eigenvalue weighted by Gasteiger charge is -2.08. The molecule has 4 rings (SSSR count). The summed E-state index contributed by atoms with van der Waals surface area (Å²) < 4.78 is 6.48. The number of hydrogen-bond acceptors (Lipinski definition) is 4. The summed E-state index contributed by atoms with van der Waals surface area (Å²) in [5.41, 5.74) is 1.99. The quantitative estimate of drug-likeness (QED) is 0.327. The third-order valence-corrected chi connectivity index (χ3v) is 4.23. The molecule has 122 valence electrons. The van der Waals surface area contributed by atoms with Gasteiger partial charge in [-0.3, -0.25) is 9.78 Å². The number of rotatable bonds is 3. The molecule has 0 saturated carbocycles. The van der Waals surface area contributed by atoms with Crippen molar-refractivity contribution in [3.8, 4) is 5.69 Å². The average molecular weight is 330 g/mol. The highest BCUT2D eigenvalue weighted by Crippen LogP contribution is 2.29. The summed E-state index contributed by atoms with van der Waals surface area (Å²) in [6.07, 6.45) is 5.22. The maximum atomic E-state index is 12.4. The lowest BCUT2D eigenvalue weighted by atomic mass is 10.1. The van der Waals surface area contributed by atoms with Crippen LogP contribution in [0, 0.1) is 0 Å². The number of carbonyl (C=O) groups is 2. The molecule has 4 aromatic rings. The fourth-order valence-corrected chi connectivity index (χ4v) is 3.06. The molecule has 0 bridgehead atoms. The third-order valence-electron chi connectivity index (χ3n) is 4.23. The van der Waals surface area contributed by atoms with E-state index in [0.717, 1.165) is 22.0 Å². The number of benzene rings is 2. The van der Waals surface area contributed by atoms with Crippen molar-refractivity contribution < 1.29 is 14.3 Å². The maximum absolute atomic E-state index is 12.4. The summed E-state index contributed by atoms with van der Waals surface area (Å²) in [6.45, 7) is 0. The van der Waals surface area contributed by atoms with Crippen molar-refractivity contribution in [3.05, 3.63) is 72.7 Å². The molecular weight excluding hydrogens is 316 g/mol. The van der Waals surface area contributed by atoms with Crippen LogP contribution in [0.5, 0.6) is 0 Å². The fraction of sp³-hybridized carbons (Fsp3) is 0.0500. The number of para-hydroxylation sites is 1. The normalized spacial score (nSPS) is 10.9. The van der Waals surface area contributed by atoms with Crippen LogP contribution < -0.4 is 0 Å². The second kappa shape index (κ2) is 5.87. The Balaban J connectivity index is 2.03. The monoisotopic (exact) mass is 330 g/mol. The van der Waals surface area contributed by atoms with E-state index in [4.69, 9.17) is 0 Å². The van der Waals surface area contributed by atoms with Crippen molar-refractivity contribution in [1.29, 1.82) is 0 Å². The number of hydrogen-bond donors (Lipinski definition) is 0. The van der Waals surface area contributed by atoms with Gasteiger partial charge in [0.15, 0.2) is 0 Å². The van der Waals surface area contributed by atoms with E-state index >= 15 is 0 Å². The van der Waals surface area contributed by atoms with E-state index in [0.29, 0.717) is 10.9 Å². The number of pyridine rings is 1. The summed E-state index contributed by atoms with van der Waals surface area (Å²) in [5, 5.41) is 2.71. The van der Waals surface area contributed by atoms with E-state index in [9.17, 15) is 9.59 Å². The van der Waals surface area contributed by atoms with Gasteiger partial charge >= 0.3 is 5.97 Å². The predicted octanol–water partition coefficient (Wildman–Crippen LogP) is 3.53. The van der Waals surface area contributed by atoms with Gasteiger partial charge in [-0.15, -0.1) is 0 Å². The van der Waals surface area contributed by atoms with Gasteiger partial charge in [0, 0.05) is 28.6 Å². The van der Waals surface area contributed by atoms with Crippen LogP contribution >= 0.6 is 0 Å². The number of ether oxygens (including phenoxy) is 1. The summed E-state index contributed by atoms with van der Waals surface area (Å²) in [7, 11) is 1.20. The molecule has 25 heavy (non-hydrogen) atoms. The van der Waals surface area contributed by atoms with Crippen LogP contribution in [0.4, 0.5) is 0 Å². The number of methoxy groups -OCH3 is 1. The van der Waals surface area contributed by atoms with E-state index in [1.54, 1.807) is 18.6 Å². The minimum Gasteiger partial charge on any atom is -0.463 e. The van der Waals surface area contributed by atoms with E-state index < -0.39 is 11.8 Å². The van der Waals surface area contributed by atoms with Crippen LogP contribution in [-0.4, -0.2) is 28.4 Å². The first-order chi connectivity index (χ1) is 12.2. The van der Waals surface area contributed by atoms with Gasteiger partial charge in [0.1, 0.15) is 0 Å². The van der Waals surface area contributed by atoms with Crippen LogP contribution in [-0.2, 0) is 9.53 Å². The van der Waals surface area contributed by atoms with Gasteiger partial charge in [0.25, 0.3) is 5.78 Å². The number of Topliss-reactive ketones (excluding diaryl/α,β-unsaturated/α-hetero) is 1. The highest BCUT2D eigenvalue weighted by atomic mass is 16.5. The smallest absolute Gasteiger partial charge is 0.379 e. The van der Waals surface area contributed by atoms with Crippen molar-refractivity contribution >= 4 is 33.4 Å². The Bertz CT molecular complexity index is 1120. The zero-order chi connectivity index (χ0) is 17.4. The standard InChI is InChI=1S/C20H14N2O3/c1-25-20(24)19(23)16-12-22(17-9-5-4-8-15(16)17)18-11-21-10-13-6-2-3-7-14(13)18/h2-12H,1H3. The summed E-state index contributed by atoms with van der Waals surface area (Å²) in [4.78, 5) is 28.4. The molecule has 0 aliphatic heterocycles. The number of carbonyl (C=O) groups excluding carboxylic acids is 2. The lowest BCUT2D eigenvalue weighted by molar-refractivity contribution is -0.135. The first-order valence-corrected chi connectivity index (χ1v) is 7.76. The highest BCUT2D eigenvalue weighted by Gasteiger charge is 2.22. The Morgan fingerprint density at radius 2 is 1.68 bits per heavy atom. The van der Waals surface area contributed by atoms with Gasteiger partial charge in [-0.1, -0.05) is 42.5 Å². The average Bonchev–Trinajstić information content (AvgIpc) is 3.06. The molecule has 0 spiro atoms. The molecule has 0 radical (unpaired) electrons. The number of fused-ring (bicyclic) bond motifs is 2. The first kappa shape index (κ1) is 15.1. The molecular formula is C20H14N2O3. The predicted molar refractivity (Wildman–Crippen MR) is 94.9 cm³/mol. The van der Waals surface area contributed by atoms with Crippen molar-refractivity contribution in [2.45, 2.75) is 0 Å². The molecule has 0 saturated heterocycles. The van der Waals surface area contributed by atoms with E-state index in [1.165, 1.54) is 7.11 Å². The zero-order valence-electron chi connectivity index (χ0n) is 13.5. The number of esters is 1. The zero-order valence-corrected chi connectivity index (χ0v) is 13.5. The van der Waals surface area contributed by atoms with E-state index in [1.807, 2.05) is 53.1 Å². The molecule has 5 heteroatoms. The largest absolute Gasteiger partial charge is 0.463 e. The Hall–Kier alpha value is -3.47. The van der Waals surface area contributed by atoms with Gasteiger partial charge in [0.2, 0.25) is 0 Å². The van der Waals surface area contributed by atoms with Crippen molar-refractivity contribution in [1.82, 2.24) is 9.55 Å². The Kier molecular flexibility index (Phi) is 3.54. The molecule has 0 aliphatic rings. The van der Waals surface area contributed by atoms with Crippen molar-refractivity contribution in [2.75, 3.05) is 7.11 Å². The van der Waals surface area contributed by atoms with Crippen molar-refractivity contribution in [2.24, 2.45) is 0 Å². The van der Waals surface area contributed by atoms with Gasteiger partial charge in [-0.25, -0.2) is 4.79 Å². The maximum Gasteiger partial charge on any atom is 0.379 e. The molecule has 0 fully saturated rings. The molecule has 0 amide bonds. The Morgan fingerprint density at radius 1 is 0.960 bits per heavy atom. The number of nitrogens with zero attached hydrogens (tertiary/aromatic N) is 2. The minimum atomic E-state index is -0.876. The molecule has 5 nitrogen and oxygen atoms in total. The van der Waals surface area contributed by atoms with Crippen molar-refractivity contribution in [3.63, 3.8) is 0 Å². The summed E-state index contributed by atoms with van der Waals surface area (Å²) >= 11 is 0. The van der Waals surface area contributed by atoms with Crippen LogP contribution in [0.3, 0.4) is 0 Å². The number of ketones is 1. The van der Waals surface area contributed by atoms with Gasteiger partial charge in [0.05, 0.1) is 30.1 Å². The SMILES string of the molecule is COC(=O)C(=O)c1cn(-c2cncc3ccccc23)c2ccccc12. The Morgan fingerprint density at radius 3 is 2.48 bits per heavy atom. The summed E-state index contributed by atoms with van der Waals surface area (Å²) in [6, 6.07) is 15.4. The van der Waals surface area contributed by atoms with Gasteiger partial charge in [-0.05, 0) is 6.07 Å². The molecule has 0 atom stereocenters. The second-order valence-corrected chi connectivity index (χ2v) is 5.63. The van der Waals surface area contributed by atoms with Gasteiger partial charge < -0.3 is 9.30 Å². The molecule has 2 heterocycles. The fourth-order valence-electron chi connectivity index (χ4n) is 3.06. The van der Waals surface area contributed by atoms with E-state index in [-0.39, 0.29) is 0 Å². The van der Waals surface area contributed by atoms with Gasteiger partial charge in [-0.2, -0.15) is 0 Å². The molecule has 0 unspecified atom stereocenters. The van der Waals surface area contributed by atoms with E-state index in [2.05, 4.69) is 9.72 Å². The summed E-state index contributed by atoms with van der Waals surface area (Å²) in [5.74, 6) is -1.54. The molecule has 2 aromatic heterocycles. The van der Waals surface area contributed by atoms with Crippen LogP contribution in [0.15, 0.2) is 67.1 Å². The minimum absolute atomic E-state index is 0.315. The second-order valence-electron chi connectivity index (χ2n) is 5.63. The van der Waals surface area contributed by atoms with Crippen LogP contribution in [0.1, 0.15) is 10.4 Å².